The zero-order valence-electron chi connectivity index (χ0n) is 11.1. The van der Waals surface area contributed by atoms with Crippen LogP contribution in [0.15, 0.2) is 24.3 Å². The van der Waals surface area contributed by atoms with Crippen LogP contribution in [0.1, 0.15) is 42.9 Å². The number of nitrogens with one attached hydrogen (secondary N) is 1. The van der Waals surface area contributed by atoms with E-state index in [0.29, 0.717) is 12.3 Å². The van der Waals surface area contributed by atoms with E-state index in [2.05, 4.69) is 5.32 Å². The summed E-state index contributed by atoms with van der Waals surface area (Å²) in [7, 11) is 0. The standard InChI is InChI=1S/C15H18F3NO/c16-15(17,18)9-11-5-7-13(8-6-11)14(19-10-20)12-3-1-2-4-12/h5-8,10,12,14H,1-4,9H2,(H,19,20). The van der Waals surface area contributed by atoms with Gasteiger partial charge >= 0.3 is 6.18 Å². The van der Waals surface area contributed by atoms with Gasteiger partial charge in [0.1, 0.15) is 0 Å². The van der Waals surface area contributed by atoms with E-state index in [4.69, 9.17) is 0 Å². The summed E-state index contributed by atoms with van der Waals surface area (Å²) in [4.78, 5) is 10.7. The zero-order chi connectivity index (χ0) is 14.6. The molecule has 2 nitrogen and oxygen atoms in total. The van der Waals surface area contributed by atoms with Gasteiger partial charge in [-0.3, -0.25) is 4.79 Å². The molecule has 1 aliphatic carbocycles. The van der Waals surface area contributed by atoms with Gasteiger partial charge in [-0.1, -0.05) is 37.1 Å². The number of amides is 1. The van der Waals surface area contributed by atoms with Crippen molar-refractivity contribution in [1.29, 1.82) is 0 Å². The maximum Gasteiger partial charge on any atom is 0.393 e. The first-order valence-corrected chi connectivity index (χ1v) is 6.85. The molecule has 0 spiro atoms. The molecule has 5 heteroatoms. The van der Waals surface area contributed by atoms with Crippen LogP contribution < -0.4 is 5.32 Å². The van der Waals surface area contributed by atoms with Gasteiger partial charge in [-0.25, -0.2) is 0 Å². The number of carbonyl (C=O) groups is 1. The molecule has 1 fully saturated rings. The fourth-order valence-electron chi connectivity index (χ4n) is 2.94. The molecule has 1 unspecified atom stereocenters. The van der Waals surface area contributed by atoms with Gasteiger partial charge in [0, 0.05) is 0 Å². The third kappa shape index (κ3) is 3.99. The molecule has 0 aliphatic heterocycles. The lowest BCUT2D eigenvalue weighted by Crippen LogP contribution is -2.26. The molecule has 1 aromatic carbocycles. The van der Waals surface area contributed by atoms with Crippen molar-refractivity contribution in [2.24, 2.45) is 5.92 Å². The second kappa shape index (κ2) is 6.29. The van der Waals surface area contributed by atoms with Crippen molar-refractivity contribution in [3.8, 4) is 0 Å². The van der Waals surface area contributed by atoms with Crippen molar-refractivity contribution in [2.45, 2.75) is 44.3 Å². The Kier molecular flexibility index (Phi) is 4.68. The first kappa shape index (κ1) is 14.9. The summed E-state index contributed by atoms with van der Waals surface area (Å²) < 4.78 is 36.9. The number of halogens is 3. The lowest BCUT2D eigenvalue weighted by Gasteiger charge is -2.23. The quantitative estimate of drug-likeness (QED) is 0.820. The maximum atomic E-state index is 12.3. The van der Waals surface area contributed by atoms with E-state index in [-0.39, 0.29) is 11.6 Å². The van der Waals surface area contributed by atoms with E-state index in [9.17, 15) is 18.0 Å². The minimum atomic E-state index is -4.19. The highest BCUT2D eigenvalue weighted by Crippen LogP contribution is 2.35. The van der Waals surface area contributed by atoms with E-state index >= 15 is 0 Å². The van der Waals surface area contributed by atoms with Gasteiger partial charge in [0.15, 0.2) is 0 Å². The average Bonchev–Trinajstić information content (AvgIpc) is 2.89. The van der Waals surface area contributed by atoms with Crippen LogP contribution in [-0.2, 0) is 11.2 Å². The van der Waals surface area contributed by atoms with Gasteiger partial charge in [-0.15, -0.1) is 0 Å². The molecule has 1 aliphatic rings. The number of rotatable bonds is 5. The van der Waals surface area contributed by atoms with E-state index < -0.39 is 12.6 Å². The first-order valence-electron chi connectivity index (χ1n) is 6.85. The third-order valence-electron chi connectivity index (χ3n) is 3.86. The van der Waals surface area contributed by atoms with Crippen LogP contribution in [0.25, 0.3) is 0 Å². The molecule has 2 rings (SSSR count). The summed E-state index contributed by atoms with van der Waals surface area (Å²) >= 11 is 0. The molecule has 1 N–H and O–H groups in total. The predicted octanol–water partition coefficient (Wildman–Crippen LogP) is 3.77. The van der Waals surface area contributed by atoms with Gasteiger partial charge < -0.3 is 5.32 Å². The fraction of sp³-hybridized carbons (Fsp3) is 0.533. The predicted molar refractivity (Wildman–Crippen MR) is 70.1 cm³/mol. The van der Waals surface area contributed by atoms with Gasteiger partial charge in [0.25, 0.3) is 0 Å². The fourth-order valence-corrected chi connectivity index (χ4v) is 2.94. The summed E-state index contributed by atoms with van der Waals surface area (Å²) in [5.74, 6) is 0.383. The lowest BCUT2D eigenvalue weighted by atomic mass is 9.91. The van der Waals surface area contributed by atoms with E-state index in [1.807, 2.05) is 0 Å². The van der Waals surface area contributed by atoms with Gasteiger partial charge in [0.2, 0.25) is 6.41 Å². The highest BCUT2D eigenvalue weighted by atomic mass is 19.4. The minimum Gasteiger partial charge on any atom is -0.352 e. The largest absolute Gasteiger partial charge is 0.393 e. The molecule has 1 aromatic rings. The first-order chi connectivity index (χ1) is 9.49. The molecule has 1 atom stereocenters. The Bertz CT molecular complexity index is 435. The highest BCUT2D eigenvalue weighted by molar-refractivity contribution is 5.48. The molecule has 0 aromatic heterocycles. The third-order valence-corrected chi connectivity index (χ3v) is 3.86. The Hall–Kier alpha value is -1.52. The monoisotopic (exact) mass is 285 g/mol. The van der Waals surface area contributed by atoms with Crippen LogP contribution in [0.5, 0.6) is 0 Å². The summed E-state index contributed by atoms with van der Waals surface area (Å²) in [6.07, 6.45) is -0.0319. The second-order valence-corrected chi connectivity index (χ2v) is 5.34. The maximum absolute atomic E-state index is 12.3. The van der Waals surface area contributed by atoms with E-state index in [0.717, 1.165) is 31.2 Å². The van der Waals surface area contributed by atoms with Crippen molar-refractivity contribution < 1.29 is 18.0 Å². The van der Waals surface area contributed by atoms with Crippen molar-refractivity contribution in [3.05, 3.63) is 35.4 Å². The second-order valence-electron chi connectivity index (χ2n) is 5.34. The summed E-state index contributed by atoms with van der Waals surface area (Å²) in [6, 6.07) is 6.30. The molecule has 0 heterocycles. The molecule has 0 bridgehead atoms. The number of hydrogen-bond acceptors (Lipinski definition) is 1. The SMILES string of the molecule is O=CNC(c1ccc(CC(F)(F)F)cc1)C1CCCC1. The Morgan fingerprint density at radius 2 is 1.80 bits per heavy atom. The Labute approximate surface area is 116 Å². The molecule has 110 valence electrons. The van der Waals surface area contributed by atoms with Crippen LogP contribution in [0, 0.1) is 5.92 Å². The van der Waals surface area contributed by atoms with Crippen LogP contribution in [0.3, 0.4) is 0 Å². The molecule has 1 amide bonds. The number of hydrogen-bond donors (Lipinski definition) is 1. The average molecular weight is 285 g/mol. The molecular formula is C15H18F3NO. The van der Waals surface area contributed by atoms with Crippen molar-refractivity contribution >= 4 is 6.41 Å². The van der Waals surface area contributed by atoms with Gasteiger partial charge in [0.05, 0.1) is 12.5 Å². The summed E-state index contributed by atoms with van der Waals surface area (Å²) in [6.45, 7) is 0. The molecule has 0 saturated heterocycles. The number of benzene rings is 1. The lowest BCUT2D eigenvalue weighted by molar-refractivity contribution is -0.127. The molecule has 0 radical (unpaired) electrons. The topological polar surface area (TPSA) is 29.1 Å². The zero-order valence-corrected chi connectivity index (χ0v) is 11.1. The normalized spacial score (nSPS) is 17.9. The van der Waals surface area contributed by atoms with E-state index in [1.54, 1.807) is 12.1 Å². The Morgan fingerprint density at radius 1 is 1.20 bits per heavy atom. The molecule has 1 saturated carbocycles. The smallest absolute Gasteiger partial charge is 0.352 e. The summed E-state index contributed by atoms with van der Waals surface area (Å²) in [5.41, 5.74) is 1.13. The molecule has 20 heavy (non-hydrogen) atoms. The van der Waals surface area contributed by atoms with Gasteiger partial charge in [-0.05, 0) is 29.9 Å². The molecular weight excluding hydrogens is 267 g/mol. The Balaban J connectivity index is 2.11. The summed E-state index contributed by atoms with van der Waals surface area (Å²) in [5, 5.41) is 2.81. The van der Waals surface area contributed by atoms with Crippen molar-refractivity contribution in [2.75, 3.05) is 0 Å². The van der Waals surface area contributed by atoms with Gasteiger partial charge in [-0.2, -0.15) is 13.2 Å². The van der Waals surface area contributed by atoms with Crippen molar-refractivity contribution in [1.82, 2.24) is 5.32 Å². The van der Waals surface area contributed by atoms with Crippen LogP contribution in [0.2, 0.25) is 0 Å². The van der Waals surface area contributed by atoms with Crippen LogP contribution in [0.4, 0.5) is 13.2 Å². The highest BCUT2D eigenvalue weighted by Gasteiger charge is 2.28. The minimum absolute atomic E-state index is 0.0880. The van der Waals surface area contributed by atoms with E-state index in [1.165, 1.54) is 12.1 Å². The Morgan fingerprint density at radius 3 is 2.30 bits per heavy atom. The number of alkyl halides is 3. The van der Waals surface area contributed by atoms with Crippen LogP contribution >= 0.6 is 0 Å². The number of carbonyl (C=O) groups excluding carboxylic acids is 1. The van der Waals surface area contributed by atoms with Crippen LogP contribution in [-0.4, -0.2) is 12.6 Å². The van der Waals surface area contributed by atoms with Crippen molar-refractivity contribution in [3.63, 3.8) is 0 Å².